The van der Waals surface area contributed by atoms with Crippen LogP contribution in [0.1, 0.15) is 31.7 Å². The minimum Gasteiger partial charge on any atom is -0.492 e. The van der Waals surface area contributed by atoms with Crippen LogP contribution in [-0.2, 0) is 16.0 Å². The number of ether oxygens (including phenoxy) is 2. The van der Waals surface area contributed by atoms with E-state index in [9.17, 15) is 45.4 Å². The number of anilines is 1. The van der Waals surface area contributed by atoms with Crippen LogP contribution in [0.4, 0.5) is 41.2 Å². The molecule has 0 aliphatic carbocycles. The van der Waals surface area contributed by atoms with Crippen LogP contribution >= 0.6 is 0 Å². The molecule has 41 heavy (non-hydrogen) atoms. The van der Waals surface area contributed by atoms with Gasteiger partial charge in [-0.3, -0.25) is 0 Å². The average molecular weight is 597 g/mol. The van der Waals surface area contributed by atoms with Crippen molar-refractivity contribution in [1.82, 2.24) is 4.90 Å². The Labute approximate surface area is 232 Å². The Morgan fingerprint density at radius 1 is 0.927 bits per heavy atom. The number of alkyl halides is 7. The first-order valence-corrected chi connectivity index (χ1v) is 12.7. The van der Waals surface area contributed by atoms with E-state index in [0.29, 0.717) is 17.0 Å². The third-order valence-electron chi connectivity index (χ3n) is 5.91. The van der Waals surface area contributed by atoms with Gasteiger partial charge in [0, 0.05) is 31.7 Å². The van der Waals surface area contributed by atoms with Crippen LogP contribution in [0, 0.1) is 0 Å². The lowest BCUT2D eigenvalue weighted by atomic mass is 10.0. The van der Waals surface area contributed by atoms with Gasteiger partial charge >= 0.3 is 30.0 Å². The number of halogens is 7. The second-order valence-electron chi connectivity index (χ2n) is 9.00. The third kappa shape index (κ3) is 10.1. The lowest BCUT2D eigenvalue weighted by molar-refractivity contribution is -0.355. The van der Waals surface area contributed by atoms with Gasteiger partial charge in [-0.2, -0.15) is 30.7 Å². The number of amides is 2. The van der Waals surface area contributed by atoms with Crippen molar-refractivity contribution in [3.63, 3.8) is 0 Å². The minimum atomic E-state index is -6.39. The Morgan fingerprint density at radius 2 is 1.56 bits per heavy atom. The van der Waals surface area contributed by atoms with E-state index in [0.717, 1.165) is 0 Å². The highest BCUT2D eigenvalue weighted by Gasteiger charge is 2.72. The van der Waals surface area contributed by atoms with Crippen LogP contribution in [0.5, 0.6) is 5.75 Å². The summed E-state index contributed by atoms with van der Waals surface area (Å²) in [4.78, 5) is 25.2. The zero-order valence-corrected chi connectivity index (χ0v) is 22.1. The zero-order chi connectivity index (χ0) is 30.7. The molecule has 228 valence electrons. The van der Waals surface area contributed by atoms with E-state index in [4.69, 9.17) is 9.47 Å². The highest BCUT2D eigenvalue weighted by atomic mass is 19.4. The predicted molar refractivity (Wildman–Crippen MR) is 136 cm³/mol. The van der Waals surface area contributed by atoms with Crippen LogP contribution in [0.3, 0.4) is 0 Å². The highest BCUT2D eigenvalue weighted by molar-refractivity contribution is 5.89. The van der Waals surface area contributed by atoms with Crippen molar-refractivity contribution in [2.24, 2.45) is 0 Å². The number of aliphatic carboxylic acids is 1. The summed E-state index contributed by atoms with van der Waals surface area (Å²) < 4.78 is 101. The molecule has 0 saturated heterocycles. The molecular weight excluding hydrogens is 565 g/mol. The van der Waals surface area contributed by atoms with E-state index >= 15 is 0 Å². The van der Waals surface area contributed by atoms with Crippen molar-refractivity contribution in [3.8, 4) is 5.75 Å². The van der Waals surface area contributed by atoms with E-state index in [1.54, 1.807) is 61.5 Å². The highest BCUT2D eigenvalue weighted by Crippen LogP contribution is 2.48. The van der Waals surface area contributed by atoms with E-state index in [1.807, 2.05) is 0 Å². The van der Waals surface area contributed by atoms with Gasteiger partial charge < -0.3 is 24.8 Å². The fraction of sp³-hybridized carbons (Fsp3) is 0.481. The van der Waals surface area contributed by atoms with Crippen molar-refractivity contribution in [2.75, 3.05) is 31.6 Å². The summed E-state index contributed by atoms with van der Waals surface area (Å²) in [7, 11) is 0. The zero-order valence-electron chi connectivity index (χ0n) is 22.1. The van der Waals surface area contributed by atoms with E-state index in [1.165, 1.54) is 4.90 Å². The molecule has 2 aromatic carbocycles. The number of hydrogen-bond acceptors (Lipinski definition) is 4. The molecule has 0 bridgehead atoms. The number of nitrogens with zero attached hydrogens (tertiary/aromatic N) is 1. The number of rotatable bonds is 16. The summed E-state index contributed by atoms with van der Waals surface area (Å²) in [5.74, 6) is -12.2. The molecular formula is C27H31F7N2O5. The van der Waals surface area contributed by atoms with Crippen LogP contribution in [-0.4, -0.2) is 72.4 Å². The predicted octanol–water partition coefficient (Wildman–Crippen LogP) is 6.63. The minimum absolute atomic E-state index is 0.0685. The average Bonchev–Trinajstić information content (AvgIpc) is 2.90. The number of urea groups is 1. The van der Waals surface area contributed by atoms with Gasteiger partial charge in [0.1, 0.15) is 12.4 Å². The number of hydrogen-bond donors (Lipinski definition) is 2. The summed E-state index contributed by atoms with van der Waals surface area (Å²) in [6.45, 7) is 1.55. The van der Waals surface area contributed by atoms with Gasteiger partial charge in [0.15, 0.2) is 6.10 Å². The molecule has 1 atom stereocenters. The summed E-state index contributed by atoms with van der Waals surface area (Å²) in [6, 6.07) is 14.0. The third-order valence-corrected chi connectivity index (χ3v) is 5.91. The number of carbonyl (C=O) groups excluding carboxylic acids is 1. The summed E-state index contributed by atoms with van der Waals surface area (Å²) >= 11 is 0. The number of carboxylic acids is 1. The number of carbonyl (C=O) groups is 2. The quantitative estimate of drug-likeness (QED) is 0.168. The molecule has 0 aliphatic rings. The molecule has 2 rings (SSSR count). The number of unbranched alkanes of at least 4 members (excludes halogenated alkanes) is 1. The molecule has 0 saturated carbocycles. The first kappa shape index (κ1) is 33.7. The Kier molecular flexibility index (Phi) is 12.2. The van der Waals surface area contributed by atoms with Crippen LogP contribution in [0.2, 0.25) is 0 Å². The Bertz CT molecular complexity index is 1100. The van der Waals surface area contributed by atoms with Gasteiger partial charge in [-0.25, -0.2) is 9.59 Å². The Hall–Kier alpha value is -3.55. The maximum absolute atomic E-state index is 13.6. The van der Waals surface area contributed by atoms with Gasteiger partial charge in [-0.15, -0.1) is 0 Å². The molecule has 2 N–H and O–H groups in total. The van der Waals surface area contributed by atoms with Crippen LogP contribution < -0.4 is 10.1 Å². The number of benzene rings is 2. The fourth-order valence-corrected chi connectivity index (χ4v) is 3.68. The number of para-hydroxylation sites is 1. The molecule has 7 nitrogen and oxygen atoms in total. The monoisotopic (exact) mass is 596 g/mol. The summed E-state index contributed by atoms with van der Waals surface area (Å²) in [5, 5.41) is 11.8. The largest absolute Gasteiger partial charge is 0.492 e. The van der Waals surface area contributed by atoms with Gasteiger partial charge in [0.25, 0.3) is 0 Å². The van der Waals surface area contributed by atoms with Crippen molar-refractivity contribution < 1.29 is 54.9 Å². The molecule has 0 spiro atoms. The van der Waals surface area contributed by atoms with Crippen molar-refractivity contribution in [3.05, 3.63) is 60.2 Å². The fourth-order valence-electron chi connectivity index (χ4n) is 3.68. The topological polar surface area (TPSA) is 88.1 Å². The smallest absolute Gasteiger partial charge is 0.459 e. The maximum Gasteiger partial charge on any atom is 0.459 e. The molecule has 0 aromatic heterocycles. The normalized spacial score (nSPS) is 13.0. The lowest BCUT2D eigenvalue weighted by Gasteiger charge is -2.28. The van der Waals surface area contributed by atoms with Crippen molar-refractivity contribution in [2.45, 2.75) is 56.7 Å². The second kappa shape index (κ2) is 14.9. The second-order valence-corrected chi connectivity index (χ2v) is 9.00. The SMILES string of the molecule is CCOC(Cc1ccc(OCCN(CCCCC(F)(F)C(F)(F)C(F)(F)F)C(=O)Nc2ccccc2)cc1)C(=O)O. The van der Waals surface area contributed by atoms with Gasteiger partial charge in [0.05, 0.1) is 6.54 Å². The first-order valence-electron chi connectivity index (χ1n) is 12.7. The molecule has 1 unspecified atom stereocenters. The standard InChI is InChI=1S/C27H31F7N2O5/c1-2-40-22(23(37)38)18-19-10-12-21(13-11-19)41-17-16-36(24(39)35-20-8-4-3-5-9-20)15-7-6-14-25(28,29)26(30,31)27(32,33)34/h3-5,8-13,22H,2,6-7,14-18H2,1H3,(H,35,39)(H,37,38). The molecule has 0 heterocycles. The van der Waals surface area contributed by atoms with Gasteiger partial charge in [-0.05, 0) is 49.6 Å². The molecule has 0 aliphatic heterocycles. The molecule has 2 amide bonds. The Morgan fingerprint density at radius 3 is 2.12 bits per heavy atom. The first-order chi connectivity index (χ1) is 19.2. The molecule has 2 aromatic rings. The Balaban J connectivity index is 1.97. The van der Waals surface area contributed by atoms with E-state index < -0.39 is 49.0 Å². The van der Waals surface area contributed by atoms with Crippen molar-refractivity contribution in [1.29, 1.82) is 0 Å². The van der Waals surface area contributed by atoms with E-state index in [2.05, 4.69) is 5.32 Å². The molecule has 14 heteroatoms. The number of carboxylic acid groups (broad SMARTS) is 1. The van der Waals surface area contributed by atoms with Gasteiger partial charge in [-0.1, -0.05) is 30.3 Å². The van der Waals surface area contributed by atoms with Crippen LogP contribution in [0.15, 0.2) is 54.6 Å². The van der Waals surface area contributed by atoms with Crippen LogP contribution in [0.25, 0.3) is 0 Å². The van der Waals surface area contributed by atoms with Gasteiger partial charge in [0.2, 0.25) is 0 Å². The summed E-state index contributed by atoms with van der Waals surface area (Å²) in [6.07, 6.45) is -9.97. The van der Waals surface area contributed by atoms with Crippen molar-refractivity contribution >= 4 is 17.7 Å². The lowest BCUT2D eigenvalue weighted by Crippen LogP contribution is -2.51. The maximum atomic E-state index is 13.6. The molecule has 0 fully saturated rings. The summed E-state index contributed by atoms with van der Waals surface area (Å²) in [5.41, 5.74) is 1.09. The molecule has 0 radical (unpaired) electrons. The number of nitrogens with one attached hydrogen (secondary N) is 1. The van der Waals surface area contributed by atoms with E-state index in [-0.39, 0.29) is 39.1 Å².